The summed E-state index contributed by atoms with van der Waals surface area (Å²) >= 11 is 1.34. The molecule has 1 aliphatic rings. The Labute approximate surface area is 149 Å². The normalized spacial score (nSPS) is 15.0. The zero-order valence-corrected chi connectivity index (χ0v) is 14.7. The minimum atomic E-state index is -0.377. The highest BCUT2D eigenvalue weighted by Crippen LogP contribution is 2.21. The van der Waals surface area contributed by atoms with E-state index in [0.717, 1.165) is 5.69 Å². The second-order valence-electron chi connectivity index (χ2n) is 5.76. The van der Waals surface area contributed by atoms with Gasteiger partial charge in [-0.1, -0.05) is 0 Å². The highest BCUT2D eigenvalue weighted by atomic mass is 32.1. The summed E-state index contributed by atoms with van der Waals surface area (Å²) in [4.78, 5) is 38.5. The molecule has 0 spiro atoms. The minimum absolute atomic E-state index is 0.199. The summed E-state index contributed by atoms with van der Waals surface area (Å²) < 4.78 is 5.14. The Hall–Kier alpha value is -2.55. The Morgan fingerprint density at radius 1 is 1.32 bits per heavy atom. The smallest absolute Gasteiger partial charge is 0.309 e. The van der Waals surface area contributed by atoms with Gasteiger partial charge in [-0.15, -0.1) is 11.3 Å². The lowest BCUT2D eigenvalue weighted by Gasteiger charge is -2.30. The number of aromatic nitrogens is 3. The third kappa shape index (κ3) is 4.72. The number of carbonyl (C=O) groups excluding carboxylic acids is 2. The van der Waals surface area contributed by atoms with Crippen LogP contribution in [0, 0.1) is 12.8 Å². The van der Waals surface area contributed by atoms with Gasteiger partial charge in [0.1, 0.15) is 0 Å². The molecule has 1 amide bonds. The summed E-state index contributed by atoms with van der Waals surface area (Å²) in [7, 11) is 0. The lowest BCUT2D eigenvalue weighted by atomic mass is 9.97. The Kier molecular flexibility index (Phi) is 5.54. The van der Waals surface area contributed by atoms with E-state index >= 15 is 0 Å². The largest absolute Gasteiger partial charge is 0.455 e. The first-order valence-electron chi connectivity index (χ1n) is 8.02. The van der Waals surface area contributed by atoms with E-state index in [1.54, 1.807) is 18.5 Å². The van der Waals surface area contributed by atoms with Crippen molar-refractivity contribution in [1.29, 1.82) is 0 Å². The fourth-order valence-electron chi connectivity index (χ4n) is 2.59. The molecule has 0 aromatic carbocycles. The standard InChI is InChI=1S/C16H19N5O3S/c1-11-10-25-16(19-11)20-13(22)9-24-14(23)12-3-7-21(8-4-12)15-17-5-2-6-18-15/h2,5-6,10,12H,3-4,7-9H2,1H3,(H,19,20,22). The molecule has 0 saturated carbocycles. The SMILES string of the molecule is Cc1csc(NC(=O)COC(=O)C2CCN(c3ncccn3)CC2)n1. The maximum absolute atomic E-state index is 12.1. The molecule has 8 nitrogen and oxygen atoms in total. The van der Waals surface area contributed by atoms with Crippen LogP contribution in [0.5, 0.6) is 0 Å². The van der Waals surface area contributed by atoms with E-state index in [1.807, 2.05) is 17.2 Å². The van der Waals surface area contributed by atoms with Crippen LogP contribution in [0.3, 0.4) is 0 Å². The van der Waals surface area contributed by atoms with Gasteiger partial charge in [-0.3, -0.25) is 14.9 Å². The number of ether oxygens (including phenoxy) is 1. The molecule has 2 aromatic heterocycles. The number of esters is 1. The van der Waals surface area contributed by atoms with Gasteiger partial charge in [0, 0.05) is 30.9 Å². The summed E-state index contributed by atoms with van der Waals surface area (Å²) in [6.45, 7) is 2.93. The number of hydrogen-bond donors (Lipinski definition) is 1. The van der Waals surface area contributed by atoms with Crippen molar-refractivity contribution < 1.29 is 14.3 Å². The van der Waals surface area contributed by atoms with E-state index in [1.165, 1.54) is 11.3 Å². The Morgan fingerprint density at radius 2 is 2.04 bits per heavy atom. The number of anilines is 2. The van der Waals surface area contributed by atoms with Gasteiger partial charge in [0.25, 0.3) is 5.91 Å². The molecule has 0 aliphatic carbocycles. The third-order valence-corrected chi connectivity index (χ3v) is 4.75. The van der Waals surface area contributed by atoms with Gasteiger partial charge < -0.3 is 9.64 Å². The van der Waals surface area contributed by atoms with Gasteiger partial charge >= 0.3 is 5.97 Å². The molecule has 0 radical (unpaired) electrons. The monoisotopic (exact) mass is 361 g/mol. The van der Waals surface area contributed by atoms with Crippen LogP contribution in [0.4, 0.5) is 11.1 Å². The van der Waals surface area contributed by atoms with Crippen molar-refractivity contribution in [2.45, 2.75) is 19.8 Å². The van der Waals surface area contributed by atoms with E-state index in [0.29, 0.717) is 37.0 Å². The zero-order valence-electron chi connectivity index (χ0n) is 13.8. The van der Waals surface area contributed by atoms with Crippen molar-refractivity contribution in [3.8, 4) is 0 Å². The number of nitrogens with zero attached hydrogens (tertiary/aromatic N) is 4. The van der Waals surface area contributed by atoms with Gasteiger partial charge in [0.2, 0.25) is 5.95 Å². The molecule has 1 saturated heterocycles. The summed E-state index contributed by atoms with van der Waals surface area (Å²) in [5, 5.41) is 4.96. The van der Waals surface area contributed by atoms with Crippen LogP contribution in [0.15, 0.2) is 23.8 Å². The highest BCUT2D eigenvalue weighted by molar-refractivity contribution is 7.13. The van der Waals surface area contributed by atoms with E-state index in [4.69, 9.17) is 4.74 Å². The average Bonchev–Trinajstić information content (AvgIpc) is 3.05. The van der Waals surface area contributed by atoms with Crippen LogP contribution in [0.1, 0.15) is 18.5 Å². The second kappa shape index (κ2) is 8.02. The van der Waals surface area contributed by atoms with Crippen LogP contribution >= 0.6 is 11.3 Å². The first-order valence-corrected chi connectivity index (χ1v) is 8.90. The van der Waals surface area contributed by atoms with E-state index in [9.17, 15) is 9.59 Å². The van der Waals surface area contributed by atoms with E-state index in [2.05, 4.69) is 20.3 Å². The topological polar surface area (TPSA) is 97.3 Å². The molecular formula is C16H19N5O3S. The van der Waals surface area contributed by atoms with Gasteiger partial charge in [-0.05, 0) is 25.8 Å². The van der Waals surface area contributed by atoms with Crippen LogP contribution < -0.4 is 10.2 Å². The number of amides is 1. The first kappa shape index (κ1) is 17.3. The Balaban J connectivity index is 1.41. The Morgan fingerprint density at radius 3 is 2.68 bits per heavy atom. The number of aryl methyl sites for hydroxylation is 1. The lowest BCUT2D eigenvalue weighted by molar-refractivity contribution is -0.152. The number of rotatable bonds is 5. The van der Waals surface area contributed by atoms with Crippen LogP contribution in [0.2, 0.25) is 0 Å². The number of hydrogen-bond acceptors (Lipinski definition) is 8. The summed E-state index contributed by atoms with van der Waals surface area (Å²) in [6, 6.07) is 1.77. The lowest BCUT2D eigenvalue weighted by Crippen LogP contribution is -2.38. The van der Waals surface area contributed by atoms with Crippen LogP contribution in [0.25, 0.3) is 0 Å². The van der Waals surface area contributed by atoms with Gasteiger partial charge in [-0.2, -0.15) is 0 Å². The van der Waals surface area contributed by atoms with Crippen molar-refractivity contribution in [3.63, 3.8) is 0 Å². The van der Waals surface area contributed by atoms with Crippen molar-refractivity contribution >= 4 is 34.3 Å². The minimum Gasteiger partial charge on any atom is -0.455 e. The predicted molar refractivity (Wildman–Crippen MR) is 93.4 cm³/mol. The number of piperidine rings is 1. The molecule has 1 N–H and O–H groups in total. The molecule has 0 atom stereocenters. The maximum atomic E-state index is 12.1. The van der Waals surface area contributed by atoms with Gasteiger partial charge in [-0.25, -0.2) is 15.0 Å². The summed E-state index contributed by atoms with van der Waals surface area (Å²) in [5.74, 6) is -0.237. The molecule has 2 aromatic rings. The molecule has 0 bridgehead atoms. The number of thiazole rings is 1. The van der Waals surface area contributed by atoms with E-state index in [-0.39, 0.29) is 24.4 Å². The van der Waals surface area contributed by atoms with Crippen molar-refractivity contribution in [3.05, 3.63) is 29.5 Å². The fourth-order valence-corrected chi connectivity index (χ4v) is 3.30. The number of nitrogens with one attached hydrogen (secondary N) is 1. The van der Waals surface area contributed by atoms with E-state index < -0.39 is 0 Å². The molecule has 1 aliphatic heterocycles. The van der Waals surface area contributed by atoms with Crippen molar-refractivity contribution in [2.24, 2.45) is 5.92 Å². The second-order valence-corrected chi connectivity index (χ2v) is 6.62. The van der Waals surface area contributed by atoms with Crippen LogP contribution in [-0.2, 0) is 14.3 Å². The van der Waals surface area contributed by atoms with Crippen molar-refractivity contribution in [1.82, 2.24) is 15.0 Å². The average molecular weight is 361 g/mol. The van der Waals surface area contributed by atoms with Crippen LogP contribution in [-0.4, -0.2) is 46.5 Å². The molecule has 9 heteroatoms. The molecule has 3 rings (SSSR count). The first-order chi connectivity index (χ1) is 12.1. The molecule has 3 heterocycles. The summed E-state index contributed by atoms with van der Waals surface area (Å²) in [5.41, 5.74) is 0.839. The molecule has 0 unspecified atom stereocenters. The molecular weight excluding hydrogens is 342 g/mol. The quantitative estimate of drug-likeness (QED) is 0.809. The molecule has 132 valence electrons. The third-order valence-electron chi connectivity index (χ3n) is 3.87. The molecule has 1 fully saturated rings. The highest BCUT2D eigenvalue weighted by Gasteiger charge is 2.27. The fraction of sp³-hybridized carbons (Fsp3) is 0.438. The summed E-state index contributed by atoms with van der Waals surface area (Å²) in [6.07, 6.45) is 4.71. The number of carbonyl (C=O) groups is 2. The zero-order chi connectivity index (χ0) is 17.6. The predicted octanol–water partition coefficient (Wildman–Crippen LogP) is 1.64. The molecule has 25 heavy (non-hydrogen) atoms. The van der Waals surface area contributed by atoms with Gasteiger partial charge in [0.15, 0.2) is 11.7 Å². The van der Waals surface area contributed by atoms with Gasteiger partial charge in [0.05, 0.1) is 11.6 Å². The maximum Gasteiger partial charge on any atom is 0.309 e. The Bertz CT molecular complexity index is 728. The van der Waals surface area contributed by atoms with Crippen molar-refractivity contribution in [2.75, 3.05) is 29.9 Å².